The number of rotatable bonds is 3. The van der Waals surface area contributed by atoms with Crippen LogP contribution in [0.15, 0.2) is 18.3 Å². The summed E-state index contributed by atoms with van der Waals surface area (Å²) >= 11 is 0. The summed E-state index contributed by atoms with van der Waals surface area (Å²) in [5.41, 5.74) is 1.14. The van der Waals surface area contributed by atoms with Crippen LogP contribution in [0.3, 0.4) is 0 Å². The van der Waals surface area contributed by atoms with Crippen molar-refractivity contribution in [2.45, 2.75) is 32.7 Å². The molecule has 1 atom stereocenters. The van der Waals surface area contributed by atoms with Gasteiger partial charge in [-0.2, -0.15) is 0 Å². The first-order valence-electron chi connectivity index (χ1n) is 6.59. The minimum absolute atomic E-state index is 0.280. The quantitative estimate of drug-likeness (QED) is 0.891. The second-order valence-corrected chi connectivity index (χ2v) is 5.05. The van der Waals surface area contributed by atoms with Crippen LogP contribution in [-0.4, -0.2) is 29.4 Å². The van der Waals surface area contributed by atoms with E-state index in [-0.39, 0.29) is 5.91 Å². The van der Waals surface area contributed by atoms with Crippen molar-refractivity contribution in [3.63, 3.8) is 0 Å². The van der Waals surface area contributed by atoms with Gasteiger partial charge < -0.3 is 10.2 Å². The molecule has 1 fully saturated rings. The lowest BCUT2D eigenvalue weighted by molar-refractivity contribution is -0.131. The van der Waals surface area contributed by atoms with Gasteiger partial charge in [-0.1, -0.05) is 6.92 Å². The lowest BCUT2D eigenvalue weighted by Crippen LogP contribution is -2.29. The third-order valence-corrected chi connectivity index (χ3v) is 3.55. The molecule has 1 aromatic heterocycles. The van der Waals surface area contributed by atoms with Gasteiger partial charge in [0, 0.05) is 32.8 Å². The topological polar surface area (TPSA) is 45.2 Å². The van der Waals surface area contributed by atoms with Crippen LogP contribution < -0.4 is 5.32 Å². The van der Waals surface area contributed by atoms with Crippen LogP contribution >= 0.6 is 0 Å². The molecule has 18 heavy (non-hydrogen) atoms. The summed E-state index contributed by atoms with van der Waals surface area (Å²) in [6.07, 6.45) is 4.60. The molecule has 4 nitrogen and oxygen atoms in total. The molecule has 0 aliphatic carbocycles. The molecule has 1 aromatic rings. The van der Waals surface area contributed by atoms with Crippen LogP contribution in [0.4, 0.5) is 5.82 Å². The molecule has 1 unspecified atom stereocenters. The van der Waals surface area contributed by atoms with E-state index in [4.69, 9.17) is 0 Å². The minimum atomic E-state index is 0.280. The summed E-state index contributed by atoms with van der Waals surface area (Å²) in [5, 5.41) is 3.02. The fourth-order valence-corrected chi connectivity index (χ4v) is 2.27. The van der Waals surface area contributed by atoms with E-state index in [1.54, 1.807) is 6.20 Å². The maximum absolute atomic E-state index is 12.0. The summed E-state index contributed by atoms with van der Waals surface area (Å²) in [7, 11) is 1.85. The smallest absolute Gasteiger partial charge is 0.222 e. The van der Waals surface area contributed by atoms with E-state index in [9.17, 15) is 4.79 Å². The number of nitrogens with zero attached hydrogens (tertiary/aromatic N) is 2. The Morgan fingerprint density at radius 1 is 1.50 bits per heavy atom. The Hall–Kier alpha value is -1.58. The van der Waals surface area contributed by atoms with Crippen molar-refractivity contribution in [1.29, 1.82) is 0 Å². The number of hydrogen-bond donors (Lipinski definition) is 1. The van der Waals surface area contributed by atoms with E-state index < -0.39 is 0 Å². The lowest BCUT2D eigenvalue weighted by atomic mass is 10.0. The molecular weight excluding hydrogens is 226 g/mol. The Kier molecular flexibility index (Phi) is 4.18. The van der Waals surface area contributed by atoms with Crippen LogP contribution in [0.1, 0.15) is 31.7 Å². The second kappa shape index (κ2) is 5.85. The normalized spacial score (nSPS) is 20.7. The summed E-state index contributed by atoms with van der Waals surface area (Å²) in [4.78, 5) is 18.2. The highest BCUT2D eigenvalue weighted by molar-refractivity contribution is 5.76. The van der Waals surface area contributed by atoms with Gasteiger partial charge in [0.15, 0.2) is 0 Å². The number of likely N-dealkylation sites (tertiary alicyclic amines) is 1. The van der Waals surface area contributed by atoms with Gasteiger partial charge >= 0.3 is 0 Å². The molecule has 1 aliphatic heterocycles. The van der Waals surface area contributed by atoms with Gasteiger partial charge in [0.25, 0.3) is 0 Å². The van der Waals surface area contributed by atoms with Gasteiger partial charge in [0.05, 0.1) is 0 Å². The summed E-state index contributed by atoms with van der Waals surface area (Å²) < 4.78 is 0. The zero-order chi connectivity index (χ0) is 13.0. The van der Waals surface area contributed by atoms with Crippen molar-refractivity contribution >= 4 is 11.7 Å². The first kappa shape index (κ1) is 12.9. The zero-order valence-corrected chi connectivity index (χ0v) is 11.1. The number of anilines is 1. The predicted octanol–water partition coefficient (Wildman–Crippen LogP) is 2.27. The average molecular weight is 247 g/mol. The van der Waals surface area contributed by atoms with Crippen molar-refractivity contribution < 1.29 is 4.79 Å². The summed E-state index contributed by atoms with van der Waals surface area (Å²) in [6.45, 7) is 3.79. The van der Waals surface area contributed by atoms with Gasteiger partial charge in [-0.15, -0.1) is 0 Å². The molecule has 4 heteroatoms. The summed E-state index contributed by atoms with van der Waals surface area (Å²) in [6, 6.07) is 3.98. The highest BCUT2D eigenvalue weighted by Gasteiger charge is 2.20. The standard InChI is InChI=1S/C14H21N3O/c1-11-3-4-14(18)17(8-6-11)10-12-5-7-16-13(9-12)15-2/h5,7,9,11H,3-4,6,8,10H2,1-2H3,(H,15,16). The number of carbonyl (C=O) groups excluding carboxylic acids is 1. The van der Waals surface area contributed by atoms with E-state index in [1.807, 2.05) is 24.1 Å². The van der Waals surface area contributed by atoms with Crippen LogP contribution in [0.25, 0.3) is 0 Å². The maximum Gasteiger partial charge on any atom is 0.222 e. The Morgan fingerprint density at radius 2 is 2.33 bits per heavy atom. The molecule has 1 N–H and O–H groups in total. The molecule has 0 spiro atoms. The van der Waals surface area contributed by atoms with Gasteiger partial charge in [0.1, 0.15) is 5.82 Å². The number of carbonyl (C=O) groups is 1. The van der Waals surface area contributed by atoms with E-state index in [0.717, 1.165) is 30.8 Å². The van der Waals surface area contributed by atoms with Crippen molar-refractivity contribution in [3.8, 4) is 0 Å². The molecule has 98 valence electrons. The van der Waals surface area contributed by atoms with Crippen LogP contribution in [0.2, 0.25) is 0 Å². The number of amides is 1. The predicted molar refractivity (Wildman–Crippen MR) is 72.2 cm³/mol. The van der Waals surface area contributed by atoms with Crippen molar-refractivity contribution in [3.05, 3.63) is 23.9 Å². The molecule has 1 saturated heterocycles. The minimum Gasteiger partial charge on any atom is -0.373 e. The molecule has 1 amide bonds. The van der Waals surface area contributed by atoms with E-state index in [0.29, 0.717) is 18.9 Å². The number of aromatic nitrogens is 1. The second-order valence-electron chi connectivity index (χ2n) is 5.05. The molecule has 0 aromatic carbocycles. The van der Waals surface area contributed by atoms with Gasteiger partial charge in [-0.05, 0) is 36.5 Å². The summed E-state index contributed by atoms with van der Waals surface area (Å²) in [5.74, 6) is 1.79. The number of pyridine rings is 1. The van der Waals surface area contributed by atoms with Gasteiger partial charge in [-0.3, -0.25) is 4.79 Å². The molecule has 0 saturated carbocycles. The monoisotopic (exact) mass is 247 g/mol. The average Bonchev–Trinajstić information content (AvgIpc) is 2.54. The highest BCUT2D eigenvalue weighted by atomic mass is 16.2. The fraction of sp³-hybridized carbons (Fsp3) is 0.571. The molecule has 2 rings (SSSR count). The van der Waals surface area contributed by atoms with Gasteiger partial charge in [0.2, 0.25) is 5.91 Å². The Balaban J connectivity index is 2.04. The SMILES string of the molecule is CNc1cc(CN2CCC(C)CCC2=O)ccn1. The van der Waals surface area contributed by atoms with Gasteiger partial charge in [-0.25, -0.2) is 4.98 Å². The largest absolute Gasteiger partial charge is 0.373 e. The molecule has 0 bridgehead atoms. The van der Waals surface area contributed by atoms with Crippen LogP contribution in [0.5, 0.6) is 0 Å². The van der Waals surface area contributed by atoms with Crippen molar-refractivity contribution in [1.82, 2.24) is 9.88 Å². The van der Waals surface area contributed by atoms with E-state index in [1.165, 1.54) is 0 Å². The number of nitrogens with one attached hydrogen (secondary N) is 1. The fourth-order valence-electron chi connectivity index (χ4n) is 2.27. The zero-order valence-electron chi connectivity index (χ0n) is 11.1. The lowest BCUT2D eigenvalue weighted by Gasteiger charge is -2.21. The third kappa shape index (κ3) is 3.22. The molecule has 2 heterocycles. The molecular formula is C14H21N3O. The molecule has 0 radical (unpaired) electrons. The van der Waals surface area contributed by atoms with Crippen LogP contribution in [0, 0.1) is 5.92 Å². The molecule has 1 aliphatic rings. The number of hydrogen-bond acceptors (Lipinski definition) is 3. The third-order valence-electron chi connectivity index (χ3n) is 3.55. The van der Waals surface area contributed by atoms with E-state index in [2.05, 4.69) is 17.2 Å². The first-order valence-corrected chi connectivity index (χ1v) is 6.59. The van der Waals surface area contributed by atoms with Crippen molar-refractivity contribution in [2.75, 3.05) is 18.9 Å². The van der Waals surface area contributed by atoms with Crippen LogP contribution in [-0.2, 0) is 11.3 Å². The Morgan fingerprint density at radius 3 is 3.11 bits per heavy atom. The Bertz CT molecular complexity index is 419. The van der Waals surface area contributed by atoms with Crippen molar-refractivity contribution in [2.24, 2.45) is 5.92 Å². The Labute approximate surface area is 108 Å². The van der Waals surface area contributed by atoms with E-state index >= 15 is 0 Å². The first-order chi connectivity index (χ1) is 8.69. The highest BCUT2D eigenvalue weighted by Crippen LogP contribution is 2.19. The maximum atomic E-state index is 12.0.